The summed E-state index contributed by atoms with van der Waals surface area (Å²) in [5.74, 6) is -0.283. The Hall–Kier alpha value is -1.95. The van der Waals surface area contributed by atoms with Gasteiger partial charge in [-0.2, -0.15) is 5.10 Å². The summed E-state index contributed by atoms with van der Waals surface area (Å²) in [6, 6.07) is 4.99. The SMILES string of the molecule is CCc1nn(C)cc1Cn1c(=S)[nH]c2c(F)cccc21. The highest BCUT2D eigenvalue weighted by Gasteiger charge is 2.12. The van der Waals surface area contributed by atoms with Gasteiger partial charge in [0.25, 0.3) is 0 Å². The third kappa shape index (κ3) is 2.06. The van der Waals surface area contributed by atoms with E-state index in [1.54, 1.807) is 10.7 Å². The van der Waals surface area contributed by atoms with Crippen molar-refractivity contribution >= 4 is 23.3 Å². The van der Waals surface area contributed by atoms with Gasteiger partial charge in [0.2, 0.25) is 0 Å². The number of rotatable bonds is 3. The van der Waals surface area contributed by atoms with Crippen molar-refractivity contribution in [2.45, 2.75) is 19.9 Å². The van der Waals surface area contributed by atoms with Crippen molar-refractivity contribution in [1.82, 2.24) is 19.3 Å². The number of para-hydroxylation sites is 1. The van der Waals surface area contributed by atoms with Crippen LogP contribution in [0.4, 0.5) is 4.39 Å². The second-order valence-electron chi connectivity index (χ2n) is 4.78. The quantitative estimate of drug-likeness (QED) is 0.752. The molecular weight excluding hydrogens is 275 g/mol. The molecule has 104 valence electrons. The molecule has 0 unspecified atom stereocenters. The van der Waals surface area contributed by atoms with E-state index in [1.807, 2.05) is 23.9 Å². The summed E-state index contributed by atoms with van der Waals surface area (Å²) in [5.41, 5.74) is 3.39. The molecule has 1 N–H and O–H groups in total. The number of aromatic nitrogens is 4. The highest BCUT2D eigenvalue weighted by atomic mass is 32.1. The van der Waals surface area contributed by atoms with Crippen molar-refractivity contribution in [2.75, 3.05) is 0 Å². The van der Waals surface area contributed by atoms with Gasteiger partial charge in [-0.25, -0.2) is 4.39 Å². The average Bonchev–Trinajstić information content (AvgIpc) is 2.93. The smallest absolute Gasteiger partial charge is 0.178 e. The minimum absolute atomic E-state index is 0.283. The van der Waals surface area contributed by atoms with Crippen LogP contribution in [0.15, 0.2) is 24.4 Å². The van der Waals surface area contributed by atoms with Crippen LogP contribution in [0.2, 0.25) is 0 Å². The van der Waals surface area contributed by atoms with Gasteiger partial charge >= 0.3 is 0 Å². The Balaban J connectivity index is 2.13. The first-order valence-corrected chi connectivity index (χ1v) is 6.89. The van der Waals surface area contributed by atoms with E-state index in [0.29, 0.717) is 16.8 Å². The summed E-state index contributed by atoms with van der Waals surface area (Å²) < 4.78 is 18.0. The number of H-pyrrole nitrogens is 1. The molecule has 0 spiro atoms. The fourth-order valence-electron chi connectivity index (χ4n) is 2.49. The Labute approximate surface area is 120 Å². The molecule has 3 aromatic rings. The Morgan fingerprint density at radius 3 is 2.95 bits per heavy atom. The van der Waals surface area contributed by atoms with E-state index < -0.39 is 0 Å². The molecule has 0 amide bonds. The molecular formula is C14H15FN4S. The molecule has 2 aromatic heterocycles. The van der Waals surface area contributed by atoms with E-state index in [9.17, 15) is 4.39 Å². The number of nitrogens with zero attached hydrogens (tertiary/aromatic N) is 3. The van der Waals surface area contributed by atoms with Gasteiger partial charge < -0.3 is 9.55 Å². The van der Waals surface area contributed by atoms with E-state index in [1.165, 1.54) is 6.07 Å². The summed E-state index contributed by atoms with van der Waals surface area (Å²) in [5, 5.41) is 4.42. The Kier molecular flexibility index (Phi) is 3.17. The molecule has 3 rings (SSSR count). The van der Waals surface area contributed by atoms with Crippen LogP contribution in [0, 0.1) is 10.6 Å². The molecule has 4 nitrogen and oxygen atoms in total. The van der Waals surface area contributed by atoms with Gasteiger partial charge in [-0.05, 0) is 30.8 Å². The van der Waals surface area contributed by atoms with Crippen molar-refractivity contribution < 1.29 is 4.39 Å². The van der Waals surface area contributed by atoms with Crippen LogP contribution in [0.3, 0.4) is 0 Å². The fraction of sp³-hybridized carbons (Fsp3) is 0.286. The average molecular weight is 290 g/mol. The topological polar surface area (TPSA) is 38.5 Å². The molecule has 0 atom stereocenters. The second-order valence-corrected chi connectivity index (χ2v) is 5.17. The summed E-state index contributed by atoms with van der Waals surface area (Å²) in [6.45, 7) is 2.67. The third-order valence-corrected chi connectivity index (χ3v) is 3.74. The maximum Gasteiger partial charge on any atom is 0.178 e. The van der Waals surface area contributed by atoms with E-state index >= 15 is 0 Å². The zero-order chi connectivity index (χ0) is 14.3. The third-order valence-electron chi connectivity index (χ3n) is 3.41. The van der Waals surface area contributed by atoms with Crippen molar-refractivity contribution in [3.63, 3.8) is 0 Å². The molecule has 2 heterocycles. The van der Waals surface area contributed by atoms with Gasteiger partial charge in [-0.3, -0.25) is 4.68 Å². The number of hydrogen-bond donors (Lipinski definition) is 1. The lowest BCUT2D eigenvalue weighted by Gasteiger charge is -2.04. The first kappa shape index (κ1) is 13.1. The fourth-order valence-corrected chi connectivity index (χ4v) is 2.75. The van der Waals surface area contributed by atoms with Gasteiger partial charge in [0.05, 0.1) is 17.8 Å². The Bertz CT molecular complexity index is 827. The number of aromatic amines is 1. The molecule has 1 aromatic carbocycles. The Morgan fingerprint density at radius 2 is 2.20 bits per heavy atom. The molecule has 0 radical (unpaired) electrons. The zero-order valence-electron chi connectivity index (χ0n) is 11.4. The van der Waals surface area contributed by atoms with Crippen LogP contribution in [0.1, 0.15) is 18.2 Å². The van der Waals surface area contributed by atoms with Gasteiger partial charge in [0, 0.05) is 18.8 Å². The van der Waals surface area contributed by atoms with E-state index in [2.05, 4.69) is 17.0 Å². The van der Waals surface area contributed by atoms with Gasteiger partial charge in [-0.1, -0.05) is 13.0 Å². The molecule has 0 saturated carbocycles. The second kappa shape index (κ2) is 4.86. The van der Waals surface area contributed by atoms with E-state index in [0.717, 1.165) is 23.2 Å². The van der Waals surface area contributed by atoms with E-state index in [4.69, 9.17) is 12.2 Å². The number of fused-ring (bicyclic) bond motifs is 1. The zero-order valence-corrected chi connectivity index (χ0v) is 12.2. The van der Waals surface area contributed by atoms with Crippen molar-refractivity contribution in [3.8, 4) is 0 Å². The molecule has 0 fully saturated rings. The van der Waals surface area contributed by atoms with Crippen LogP contribution in [0.5, 0.6) is 0 Å². The summed E-state index contributed by atoms with van der Waals surface area (Å²) in [4.78, 5) is 2.94. The molecule has 0 bridgehead atoms. The van der Waals surface area contributed by atoms with Gasteiger partial charge in [0.1, 0.15) is 11.3 Å². The van der Waals surface area contributed by atoms with Crippen LogP contribution in [-0.2, 0) is 20.0 Å². The standard InChI is InChI=1S/C14H15FN4S/c1-3-11-9(7-18(2)17-11)8-19-12-6-4-5-10(15)13(12)16-14(19)20/h4-7H,3,8H2,1-2H3,(H,16,20). The Morgan fingerprint density at radius 1 is 1.40 bits per heavy atom. The number of nitrogens with one attached hydrogen (secondary N) is 1. The maximum atomic E-state index is 13.8. The number of hydrogen-bond acceptors (Lipinski definition) is 2. The number of aryl methyl sites for hydroxylation is 2. The van der Waals surface area contributed by atoms with Gasteiger partial charge in [-0.15, -0.1) is 0 Å². The molecule has 6 heteroatoms. The minimum atomic E-state index is -0.283. The number of benzene rings is 1. The lowest BCUT2D eigenvalue weighted by atomic mass is 10.2. The predicted molar refractivity (Wildman–Crippen MR) is 78.8 cm³/mol. The lowest BCUT2D eigenvalue weighted by molar-refractivity contribution is 0.637. The van der Waals surface area contributed by atoms with Gasteiger partial charge in [0.15, 0.2) is 4.77 Å². The van der Waals surface area contributed by atoms with E-state index in [-0.39, 0.29) is 5.82 Å². The number of imidazole rings is 1. The number of halogens is 1. The first-order chi connectivity index (χ1) is 9.60. The molecule has 20 heavy (non-hydrogen) atoms. The predicted octanol–water partition coefficient (Wildman–Crippen LogP) is 3.18. The molecule has 0 saturated heterocycles. The van der Waals surface area contributed by atoms with Crippen LogP contribution >= 0.6 is 12.2 Å². The molecule has 0 aliphatic carbocycles. The van der Waals surface area contributed by atoms with Crippen molar-refractivity contribution in [3.05, 3.63) is 46.2 Å². The molecule has 0 aliphatic rings. The minimum Gasteiger partial charge on any atom is -0.328 e. The van der Waals surface area contributed by atoms with Crippen molar-refractivity contribution in [1.29, 1.82) is 0 Å². The van der Waals surface area contributed by atoms with Crippen LogP contribution < -0.4 is 0 Å². The first-order valence-electron chi connectivity index (χ1n) is 6.48. The van der Waals surface area contributed by atoms with Crippen molar-refractivity contribution in [2.24, 2.45) is 7.05 Å². The largest absolute Gasteiger partial charge is 0.328 e. The van der Waals surface area contributed by atoms with Crippen LogP contribution in [0.25, 0.3) is 11.0 Å². The molecule has 0 aliphatic heterocycles. The summed E-state index contributed by atoms with van der Waals surface area (Å²) >= 11 is 5.31. The maximum absolute atomic E-state index is 13.8. The summed E-state index contributed by atoms with van der Waals surface area (Å²) in [7, 11) is 1.90. The lowest BCUT2D eigenvalue weighted by Crippen LogP contribution is -2.01. The normalized spacial score (nSPS) is 11.3. The highest BCUT2D eigenvalue weighted by molar-refractivity contribution is 7.71. The summed E-state index contributed by atoms with van der Waals surface area (Å²) in [6.07, 6.45) is 2.85. The van der Waals surface area contributed by atoms with Crippen LogP contribution in [-0.4, -0.2) is 19.3 Å². The monoisotopic (exact) mass is 290 g/mol. The highest BCUT2D eigenvalue weighted by Crippen LogP contribution is 2.19.